The number of fused-ring (bicyclic) bond motifs is 1. The molecule has 0 amide bonds. The first-order valence-electron chi connectivity index (χ1n) is 6.63. The van der Waals surface area contributed by atoms with Crippen LogP contribution in [0.4, 0.5) is 11.4 Å². The molecule has 0 aromatic heterocycles. The molecule has 96 valence electrons. The van der Waals surface area contributed by atoms with Crippen molar-refractivity contribution in [2.24, 2.45) is 0 Å². The van der Waals surface area contributed by atoms with Gasteiger partial charge in [-0.15, -0.1) is 6.42 Å². The van der Waals surface area contributed by atoms with E-state index in [9.17, 15) is 0 Å². The lowest BCUT2D eigenvalue weighted by molar-refractivity contribution is 1.12. The molecular weight excluding hydrogens is 242 g/mol. The number of terminal acetylenes is 1. The van der Waals surface area contributed by atoms with Crippen molar-refractivity contribution < 1.29 is 0 Å². The molecule has 1 nitrogen and oxygen atoms in total. The van der Waals surface area contributed by atoms with E-state index < -0.39 is 0 Å². The van der Waals surface area contributed by atoms with Gasteiger partial charge in [0.15, 0.2) is 0 Å². The van der Waals surface area contributed by atoms with Crippen molar-refractivity contribution >= 4 is 22.1 Å². The predicted octanol–water partition coefficient (Wildman–Crippen LogP) is 4.61. The summed E-state index contributed by atoms with van der Waals surface area (Å²) in [5, 5.41) is 2.47. The van der Waals surface area contributed by atoms with Gasteiger partial charge in [-0.05, 0) is 35.0 Å². The van der Waals surface area contributed by atoms with Crippen LogP contribution in [0.3, 0.4) is 0 Å². The summed E-state index contributed by atoms with van der Waals surface area (Å²) in [5.74, 6) is 2.74. The molecule has 3 aromatic carbocycles. The van der Waals surface area contributed by atoms with E-state index in [1.54, 1.807) is 0 Å². The molecule has 20 heavy (non-hydrogen) atoms. The zero-order valence-electron chi connectivity index (χ0n) is 11.2. The average molecular weight is 257 g/mol. The molecule has 0 spiro atoms. The number of benzene rings is 3. The summed E-state index contributed by atoms with van der Waals surface area (Å²) < 4.78 is 0. The van der Waals surface area contributed by atoms with Crippen molar-refractivity contribution in [3.63, 3.8) is 0 Å². The second kappa shape index (κ2) is 5.50. The second-order valence-electron chi connectivity index (χ2n) is 4.66. The Balaban J connectivity index is 2.08. The summed E-state index contributed by atoms with van der Waals surface area (Å²) in [4.78, 5) is 2.15. The number of para-hydroxylation sites is 1. The Morgan fingerprint density at radius 2 is 1.45 bits per heavy atom. The lowest BCUT2D eigenvalue weighted by Crippen LogP contribution is -2.16. The van der Waals surface area contributed by atoms with Gasteiger partial charge in [0.2, 0.25) is 0 Å². The maximum absolute atomic E-state index is 5.53. The first-order chi connectivity index (χ1) is 9.88. The topological polar surface area (TPSA) is 3.24 Å². The van der Waals surface area contributed by atoms with Crippen LogP contribution < -0.4 is 4.90 Å². The Labute approximate surface area is 119 Å². The molecule has 0 fully saturated rings. The zero-order chi connectivity index (χ0) is 13.8. The maximum Gasteiger partial charge on any atom is 0.0840 e. The molecule has 0 aliphatic rings. The first-order valence-corrected chi connectivity index (χ1v) is 6.63. The maximum atomic E-state index is 5.53. The van der Waals surface area contributed by atoms with E-state index in [2.05, 4.69) is 65.4 Å². The van der Waals surface area contributed by atoms with Gasteiger partial charge in [-0.2, -0.15) is 0 Å². The quantitative estimate of drug-likeness (QED) is 0.619. The summed E-state index contributed by atoms with van der Waals surface area (Å²) in [6, 6.07) is 25.0. The molecule has 0 aliphatic heterocycles. The van der Waals surface area contributed by atoms with Crippen LogP contribution in [0, 0.1) is 12.3 Å². The van der Waals surface area contributed by atoms with E-state index in [1.165, 1.54) is 10.8 Å². The van der Waals surface area contributed by atoms with E-state index in [0.29, 0.717) is 6.54 Å². The molecule has 3 rings (SSSR count). The Hall–Kier alpha value is -2.72. The average Bonchev–Trinajstić information content (AvgIpc) is 2.53. The van der Waals surface area contributed by atoms with Crippen LogP contribution in [0.25, 0.3) is 10.8 Å². The van der Waals surface area contributed by atoms with Crippen LogP contribution in [0.15, 0.2) is 72.8 Å². The normalized spacial score (nSPS) is 10.2. The number of hydrogen-bond acceptors (Lipinski definition) is 1. The van der Waals surface area contributed by atoms with Gasteiger partial charge in [-0.25, -0.2) is 0 Å². The minimum atomic E-state index is 0.558. The van der Waals surface area contributed by atoms with Crippen LogP contribution in [0.5, 0.6) is 0 Å². The molecule has 0 radical (unpaired) electrons. The highest BCUT2D eigenvalue weighted by Crippen LogP contribution is 2.27. The van der Waals surface area contributed by atoms with E-state index in [0.717, 1.165) is 11.4 Å². The summed E-state index contributed by atoms with van der Waals surface area (Å²) in [6.45, 7) is 0.558. The van der Waals surface area contributed by atoms with Gasteiger partial charge in [0.05, 0.1) is 6.54 Å². The van der Waals surface area contributed by atoms with E-state index >= 15 is 0 Å². The molecule has 3 aromatic rings. The van der Waals surface area contributed by atoms with Crippen molar-refractivity contribution in [1.29, 1.82) is 0 Å². The van der Waals surface area contributed by atoms with Crippen molar-refractivity contribution in [1.82, 2.24) is 0 Å². The third kappa shape index (κ3) is 2.37. The van der Waals surface area contributed by atoms with Crippen LogP contribution >= 0.6 is 0 Å². The van der Waals surface area contributed by atoms with Crippen molar-refractivity contribution in [2.75, 3.05) is 11.4 Å². The highest BCUT2D eigenvalue weighted by atomic mass is 15.1. The van der Waals surface area contributed by atoms with Crippen molar-refractivity contribution in [2.45, 2.75) is 0 Å². The molecule has 0 atom stereocenters. The third-order valence-electron chi connectivity index (χ3n) is 3.36. The monoisotopic (exact) mass is 257 g/mol. The fourth-order valence-corrected chi connectivity index (χ4v) is 2.38. The highest BCUT2D eigenvalue weighted by molar-refractivity contribution is 5.87. The zero-order valence-corrected chi connectivity index (χ0v) is 11.2. The van der Waals surface area contributed by atoms with Gasteiger partial charge in [-0.1, -0.05) is 54.5 Å². The highest BCUT2D eigenvalue weighted by Gasteiger charge is 2.08. The molecule has 0 N–H and O–H groups in total. The molecule has 0 bridgehead atoms. The SMILES string of the molecule is C#CCN(c1ccccc1)c1ccc2ccccc2c1. The van der Waals surface area contributed by atoms with Crippen LogP contribution in [0.1, 0.15) is 0 Å². The minimum absolute atomic E-state index is 0.558. The van der Waals surface area contributed by atoms with Crippen LogP contribution in [-0.2, 0) is 0 Å². The van der Waals surface area contributed by atoms with Crippen molar-refractivity contribution in [3.05, 3.63) is 72.8 Å². The molecular formula is C19H15N. The number of rotatable bonds is 3. The summed E-state index contributed by atoms with van der Waals surface area (Å²) in [5.41, 5.74) is 2.23. The largest absolute Gasteiger partial charge is 0.330 e. The summed E-state index contributed by atoms with van der Waals surface area (Å²) >= 11 is 0. The molecule has 0 aliphatic carbocycles. The Morgan fingerprint density at radius 1 is 0.750 bits per heavy atom. The van der Waals surface area contributed by atoms with Crippen LogP contribution in [0.2, 0.25) is 0 Å². The molecule has 1 heteroatoms. The Morgan fingerprint density at radius 3 is 2.20 bits per heavy atom. The van der Waals surface area contributed by atoms with Gasteiger partial charge in [-0.3, -0.25) is 0 Å². The summed E-state index contributed by atoms with van der Waals surface area (Å²) in [7, 11) is 0. The van der Waals surface area contributed by atoms with Gasteiger partial charge in [0, 0.05) is 11.4 Å². The van der Waals surface area contributed by atoms with E-state index in [1.807, 2.05) is 18.2 Å². The smallest absolute Gasteiger partial charge is 0.0840 e. The number of nitrogens with zero attached hydrogens (tertiary/aromatic N) is 1. The van der Waals surface area contributed by atoms with E-state index in [4.69, 9.17) is 6.42 Å². The first kappa shape index (κ1) is 12.3. The second-order valence-corrected chi connectivity index (χ2v) is 4.66. The lowest BCUT2D eigenvalue weighted by Gasteiger charge is -2.23. The van der Waals surface area contributed by atoms with Gasteiger partial charge in [0.25, 0.3) is 0 Å². The van der Waals surface area contributed by atoms with E-state index in [-0.39, 0.29) is 0 Å². The standard InChI is InChI=1S/C19H15N/c1-2-14-20(18-10-4-3-5-11-18)19-13-12-16-8-6-7-9-17(16)15-19/h1,3-13,15H,14H2. The number of anilines is 2. The van der Waals surface area contributed by atoms with Gasteiger partial charge in [0.1, 0.15) is 0 Å². The predicted molar refractivity (Wildman–Crippen MR) is 86.2 cm³/mol. The fraction of sp³-hybridized carbons (Fsp3) is 0.0526. The minimum Gasteiger partial charge on any atom is -0.330 e. The lowest BCUT2D eigenvalue weighted by atomic mass is 10.1. The molecule has 0 heterocycles. The fourth-order valence-electron chi connectivity index (χ4n) is 2.38. The van der Waals surface area contributed by atoms with Gasteiger partial charge >= 0.3 is 0 Å². The third-order valence-corrected chi connectivity index (χ3v) is 3.36. The van der Waals surface area contributed by atoms with Crippen LogP contribution in [-0.4, -0.2) is 6.54 Å². The van der Waals surface area contributed by atoms with Gasteiger partial charge < -0.3 is 4.90 Å². The number of hydrogen-bond donors (Lipinski definition) is 0. The molecule has 0 saturated carbocycles. The summed E-state index contributed by atoms with van der Waals surface area (Å²) in [6.07, 6.45) is 5.53. The molecule has 0 unspecified atom stereocenters. The van der Waals surface area contributed by atoms with Crippen molar-refractivity contribution in [3.8, 4) is 12.3 Å². The Kier molecular flexibility index (Phi) is 3.39. The Bertz CT molecular complexity index is 753. The molecule has 0 saturated heterocycles.